The number of nitrogens with zero attached hydrogens (tertiary/aromatic N) is 1. The molecule has 6 nitrogen and oxygen atoms in total. The maximum absolute atomic E-state index is 12.5. The molecule has 3 atom stereocenters. The molecule has 0 aliphatic carbocycles. The lowest BCUT2D eigenvalue weighted by molar-refractivity contribution is -0.883. The minimum atomic E-state index is -3.81. The average Bonchev–Trinajstić information content (AvgIpc) is 2.89. The SMILES string of the molecule is CCCCCCCCCCCCC/C=C\CCCCCCCCCOC[C@@H](O)COP(=O)(O)C(CC)[N+](C)(C)C. The van der Waals surface area contributed by atoms with Crippen molar-refractivity contribution in [1.29, 1.82) is 0 Å². The van der Waals surface area contributed by atoms with Gasteiger partial charge in [-0.1, -0.05) is 122 Å². The molecule has 0 fully saturated rings. The van der Waals surface area contributed by atoms with Gasteiger partial charge in [0, 0.05) is 13.0 Å². The highest BCUT2D eigenvalue weighted by atomic mass is 31.2. The number of allylic oxidation sites excluding steroid dienone is 2. The number of rotatable bonds is 30. The Morgan fingerprint density at radius 3 is 1.52 bits per heavy atom. The molecule has 240 valence electrons. The molecule has 7 heteroatoms. The third kappa shape index (κ3) is 24.4. The van der Waals surface area contributed by atoms with Crippen LogP contribution in [0.1, 0.15) is 149 Å². The van der Waals surface area contributed by atoms with E-state index in [1.807, 2.05) is 28.1 Å². The zero-order valence-electron chi connectivity index (χ0n) is 27.3. The van der Waals surface area contributed by atoms with E-state index < -0.39 is 19.5 Å². The zero-order chi connectivity index (χ0) is 30.0. The Hall–Kier alpha value is -0.230. The van der Waals surface area contributed by atoms with E-state index >= 15 is 0 Å². The van der Waals surface area contributed by atoms with Gasteiger partial charge in [0.1, 0.15) is 6.10 Å². The van der Waals surface area contributed by atoms with Crippen molar-refractivity contribution in [3.05, 3.63) is 12.2 Å². The molecule has 0 heterocycles. The summed E-state index contributed by atoms with van der Waals surface area (Å²) in [4.78, 5) is 10.3. The van der Waals surface area contributed by atoms with Gasteiger partial charge in [-0.3, -0.25) is 4.57 Å². The first-order valence-corrected chi connectivity index (χ1v) is 18.5. The molecule has 2 unspecified atom stereocenters. The quantitative estimate of drug-likeness (QED) is 0.0377. The zero-order valence-corrected chi connectivity index (χ0v) is 28.2. The molecule has 0 aromatic heterocycles. The first-order valence-electron chi connectivity index (χ1n) is 16.8. The highest BCUT2D eigenvalue weighted by Gasteiger charge is 2.41. The van der Waals surface area contributed by atoms with Gasteiger partial charge in [0.05, 0.1) is 34.4 Å². The summed E-state index contributed by atoms with van der Waals surface area (Å²) in [7, 11) is 1.81. The van der Waals surface area contributed by atoms with Gasteiger partial charge in [-0.05, 0) is 32.1 Å². The van der Waals surface area contributed by atoms with Crippen molar-refractivity contribution in [3.63, 3.8) is 0 Å². The fourth-order valence-electron chi connectivity index (χ4n) is 5.27. The molecule has 0 aromatic carbocycles. The summed E-state index contributed by atoms with van der Waals surface area (Å²) < 4.78 is 23.7. The third-order valence-corrected chi connectivity index (χ3v) is 10.0. The highest BCUT2D eigenvalue weighted by Crippen LogP contribution is 2.51. The molecule has 0 spiro atoms. The van der Waals surface area contributed by atoms with Gasteiger partial charge in [-0.15, -0.1) is 0 Å². The molecule has 40 heavy (non-hydrogen) atoms. The van der Waals surface area contributed by atoms with Crippen LogP contribution in [0.5, 0.6) is 0 Å². The summed E-state index contributed by atoms with van der Waals surface area (Å²) in [5.74, 6) is -0.513. The standard InChI is InChI=1S/C33H68NO5P/c1-6-8-9-10-11-12-13-14-15-16-17-18-19-20-21-22-23-24-25-26-27-28-29-38-30-32(35)31-39-40(36,37)33(7-2)34(3,4)5/h19-20,32-33,35H,6-18,21-31H2,1-5H3/p+1/b20-19-/t32-,33?/m1/s1. The topological polar surface area (TPSA) is 76.0 Å². The van der Waals surface area contributed by atoms with Crippen LogP contribution < -0.4 is 0 Å². The van der Waals surface area contributed by atoms with Gasteiger partial charge in [-0.25, -0.2) is 0 Å². The number of quaternary nitrogens is 1. The Balaban J connectivity index is 3.44. The Labute approximate surface area is 249 Å². The summed E-state index contributed by atoms with van der Waals surface area (Å²) in [6.45, 7) is 4.71. The van der Waals surface area contributed by atoms with Crippen LogP contribution in [0.4, 0.5) is 0 Å². The van der Waals surface area contributed by atoms with E-state index in [0.717, 1.165) is 12.8 Å². The van der Waals surface area contributed by atoms with Crippen LogP contribution >= 0.6 is 7.60 Å². The number of aliphatic hydroxyl groups is 1. The molecule has 0 aliphatic rings. The second kappa shape index (κ2) is 26.4. The Morgan fingerprint density at radius 2 is 1.10 bits per heavy atom. The van der Waals surface area contributed by atoms with E-state index in [9.17, 15) is 14.6 Å². The van der Waals surface area contributed by atoms with Gasteiger partial charge in [-0.2, -0.15) is 0 Å². The number of aliphatic hydroxyl groups excluding tert-OH is 1. The van der Waals surface area contributed by atoms with Crippen LogP contribution in [0.2, 0.25) is 0 Å². The first-order chi connectivity index (χ1) is 19.1. The second-order valence-electron chi connectivity index (χ2n) is 12.7. The molecule has 0 amide bonds. The van der Waals surface area contributed by atoms with E-state index in [2.05, 4.69) is 19.1 Å². The van der Waals surface area contributed by atoms with Crippen LogP contribution in [0.15, 0.2) is 12.2 Å². The fourth-order valence-corrected chi connectivity index (χ4v) is 7.17. The Morgan fingerprint density at radius 1 is 0.675 bits per heavy atom. The van der Waals surface area contributed by atoms with Gasteiger partial charge in [0.25, 0.3) is 0 Å². The van der Waals surface area contributed by atoms with Gasteiger partial charge < -0.3 is 23.7 Å². The van der Waals surface area contributed by atoms with Gasteiger partial charge in [0.15, 0.2) is 5.78 Å². The molecular weight excluding hydrogens is 521 g/mol. The van der Waals surface area contributed by atoms with Crippen molar-refractivity contribution < 1.29 is 28.3 Å². The predicted molar refractivity (Wildman–Crippen MR) is 172 cm³/mol. The molecule has 0 aliphatic heterocycles. The van der Waals surface area contributed by atoms with Crippen LogP contribution in [-0.2, 0) is 13.8 Å². The molecule has 0 radical (unpaired) electrons. The monoisotopic (exact) mass is 590 g/mol. The average molecular weight is 591 g/mol. The van der Waals surface area contributed by atoms with Gasteiger partial charge >= 0.3 is 7.60 Å². The highest BCUT2D eigenvalue weighted by molar-refractivity contribution is 7.53. The number of hydrogen-bond donors (Lipinski definition) is 2. The normalized spacial score (nSPS) is 15.5. The predicted octanol–water partition coefficient (Wildman–Crippen LogP) is 9.39. The molecule has 2 N–H and O–H groups in total. The van der Waals surface area contributed by atoms with Crippen molar-refractivity contribution in [2.24, 2.45) is 0 Å². The minimum absolute atomic E-state index is 0.133. The molecular formula is C33H69NO5P+. The van der Waals surface area contributed by atoms with Crippen molar-refractivity contribution in [2.45, 2.75) is 161 Å². The summed E-state index contributed by atoms with van der Waals surface area (Å²) >= 11 is 0. The smallest absolute Gasteiger partial charge is 0.385 e. The number of hydrogen-bond acceptors (Lipinski definition) is 4. The molecule has 0 aromatic rings. The molecule has 0 bridgehead atoms. The van der Waals surface area contributed by atoms with E-state index in [1.54, 1.807) is 0 Å². The van der Waals surface area contributed by atoms with Crippen LogP contribution in [0.3, 0.4) is 0 Å². The second-order valence-corrected chi connectivity index (χ2v) is 14.6. The van der Waals surface area contributed by atoms with E-state index in [-0.39, 0.29) is 13.2 Å². The van der Waals surface area contributed by atoms with Crippen LogP contribution in [0, 0.1) is 0 Å². The summed E-state index contributed by atoms with van der Waals surface area (Å²) in [5.41, 5.74) is 0. The van der Waals surface area contributed by atoms with Crippen molar-refractivity contribution in [3.8, 4) is 0 Å². The molecule has 0 saturated heterocycles. The third-order valence-electron chi connectivity index (χ3n) is 7.70. The number of unbranched alkanes of at least 4 members (excludes halogenated alkanes) is 18. The largest absolute Gasteiger partial charge is 0.388 e. The summed E-state index contributed by atoms with van der Waals surface area (Å²) in [6.07, 6.45) is 31.0. The van der Waals surface area contributed by atoms with E-state index in [0.29, 0.717) is 17.5 Å². The Bertz CT molecular complexity index is 622. The van der Waals surface area contributed by atoms with Crippen LogP contribution in [-0.4, -0.2) is 67.3 Å². The molecule has 0 rings (SSSR count). The summed E-state index contributed by atoms with van der Waals surface area (Å²) in [5, 5.41) is 10.1. The molecule has 0 saturated carbocycles. The maximum atomic E-state index is 12.5. The van der Waals surface area contributed by atoms with Crippen molar-refractivity contribution >= 4 is 7.60 Å². The van der Waals surface area contributed by atoms with Gasteiger partial charge in [0.2, 0.25) is 0 Å². The number of ether oxygens (including phenoxy) is 1. The van der Waals surface area contributed by atoms with E-state index in [4.69, 9.17) is 9.26 Å². The lowest BCUT2D eigenvalue weighted by atomic mass is 10.0. The Kier molecular flexibility index (Phi) is 26.2. The van der Waals surface area contributed by atoms with Crippen molar-refractivity contribution in [1.82, 2.24) is 0 Å². The maximum Gasteiger partial charge on any atom is 0.385 e. The van der Waals surface area contributed by atoms with Crippen LogP contribution in [0.25, 0.3) is 0 Å². The fraction of sp³-hybridized carbons (Fsp3) is 0.939. The lowest BCUT2D eigenvalue weighted by Gasteiger charge is -2.35. The first kappa shape index (κ1) is 39.8. The van der Waals surface area contributed by atoms with Crippen molar-refractivity contribution in [2.75, 3.05) is 41.0 Å². The van der Waals surface area contributed by atoms with E-state index in [1.165, 1.54) is 116 Å². The minimum Gasteiger partial charge on any atom is -0.388 e. The summed E-state index contributed by atoms with van der Waals surface area (Å²) in [6, 6.07) is 0. The lowest BCUT2D eigenvalue weighted by Crippen LogP contribution is -2.45.